The molecule has 29 heavy (non-hydrogen) atoms. The Morgan fingerprint density at radius 2 is 1.90 bits per heavy atom. The standard InChI is InChI=1S/C21H20N6OS/c1-13-11-17-19(29-13)18(20(28)24-12-15-7-3-5-9-22-15)27-21(26-17)25-14(2)16-8-4-6-10-23-16/h3-11,14H,12H2,1-2H3,(H,24,28)(H,25,26,27). The van der Waals surface area contributed by atoms with Gasteiger partial charge in [-0.25, -0.2) is 9.97 Å². The summed E-state index contributed by atoms with van der Waals surface area (Å²) in [5.74, 6) is 0.148. The molecule has 0 radical (unpaired) electrons. The Balaban J connectivity index is 1.61. The zero-order valence-electron chi connectivity index (χ0n) is 16.1. The minimum atomic E-state index is -0.251. The van der Waals surface area contributed by atoms with Gasteiger partial charge < -0.3 is 10.6 Å². The number of rotatable bonds is 6. The van der Waals surface area contributed by atoms with E-state index in [2.05, 4.69) is 30.6 Å². The van der Waals surface area contributed by atoms with Gasteiger partial charge in [-0.2, -0.15) is 0 Å². The lowest BCUT2D eigenvalue weighted by Gasteiger charge is -2.14. The van der Waals surface area contributed by atoms with Gasteiger partial charge in [0, 0.05) is 17.3 Å². The molecule has 4 aromatic heterocycles. The predicted octanol–water partition coefficient (Wildman–Crippen LogP) is 3.89. The van der Waals surface area contributed by atoms with Crippen molar-refractivity contribution in [1.82, 2.24) is 25.3 Å². The van der Waals surface area contributed by atoms with E-state index in [9.17, 15) is 4.79 Å². The second-order valence-corrected chi connectivity index (χ2v) is 7.85. The molecular weight excluding hydrogens is 384 g/mol. The Morgan fingerprint density at radius 3 is 2.62 bits per heavy atom. The number of carbonyl (C=O) groups excluding carboxylic acids is 1. The summed E-state index contributed by atoms with van der Waals surface area (Å²) in [7, 11) is 0. The van der Waals surface area contributed by atoms with E-state index in [1.54, 1.807) is 12.4 Å². The third-order valence-electron chi connectivity index (χ3n) is 4.34. The van der Waals surface area contributed by atoms with Gasteiger partial charge in [0.1, 0.15) is 0 Å². The van der Waals surface area contributed by atoms with Gasteiger partial charge in [-0.15, -0.1) is 11.3 Å². The summed E-state index contributed by atoms with van der Waals surface area (Å²) in [5.41, 5.74) is 2.77. The zero-order chi connectivity index (χ0) is 20.2. The molecule has 1 amide bonds. The van der Waals surface area contributed by atoms with Crippen molar-refractivity contribution >= 4 is 33.4 Å². The molecule has 0 aliphatic heterocycles. The first-order chi connectivity index (χ1) is 14.1. The van der Waals surface area contributed by atoms with Crippen LogP contribution in [0.3, 0.4) is 0 Å². The lowest BCUT2D eigenvalue weighted by atomic mass is 10.2. The van der Waals surface area contributed by atoms with E-state index in [-0.39, 0.29) is 11.9 Å². The summed E-state index contributed by atoms with van der Waals surface area (Å²) < 4.78 is 0.775. The molecule has 0 aliphatic carbocycles. The maximum absolute atomic E-state index is 12.9. The van der Waals surface area contributed by atoms with Crippen LogP contribution in [0.2, 0.25) is 0 Å². The van der Waals surface area contributed by atoms with Gasteiger partial charge in [0.2, 0.25) is 5.95 Å². The van der Waals surface area contributed by atoms with E-state index >= 15 is 0 Å². The Kier molecular flexibility index (Phi) is 5.44. The first-order valence-electron chi connectivity index (χ1n) is 9.24. The average molecular weight is 404 g/mol. The molecule has 0 spiro atoms. The minimum absolute atomic E-state index is 0.0992. The Labute approximate surface area is 172 Å². The van der Waals surface area contributed by atoms with Crippen LogP contribution in [0, 0.1) is 6.92 Å². The molecular formula is C21H20N6OS. The second-order valence-electron chi connectivity index (χ2n) is 6.59. The van der Waals surface area contributed by atoms with Crippen molar-refractivity contribution in [2.24, 2.45) is 0 Å². The van der Waals surface area contributed by atoms with Crippen molar-refractivity contribution in [2.75, 3.05) is 5.32 Å². The van der Waals surface area contributed by atoms with Crippen molar-refractivity contribution in [3.05, 3.63) is 76.8 Å². The van der Waals surface area contributed by atoms with Gasteiger partial charge in [-0.3, -0.25) is 14.8 Å². The number of amides is 1. The molecule has 4 heterocycles. The molecule has 4 rings (SSSR count). The fourth-order valence-corrected chi connectivity index (χ4v) is 3.86. The van der Waals surface area contributed by atoms with Crippen LogP contribution in [0.4, 0.5) is 5.95 Å². The van der Waals surface area contributed by atoms with E-state index < -0.39 is 0 Å². The number of aromatic nitrogens is 4. The van der Waals surface area contributed by atoms with Crippen LogP contribution in [-0.2, 0) is 6.54 Å². The monoisotopic (exact) mass is 404 g/mol. The first kappa shape index (κ1) is 18.9. The van der Waals surface area contributed by atoms with E-state index in [4.69, 9.17) is 0 Å². The lowest BCUT2D eigenvalue weighted by Crippen LogP contribution is -2.25. The van der Waals surface area contributed by atoms with E-state index in [1.807, 2.05) is 56.3 Å². The fraction of sp³-hybridized carbons (Fsp3) is 0.190. The molecule has 7 nitrogen and oxygen atoms in total. The number of carbonyl (C=O) groups is 1. The van der Waals surface area contributed by atoms with Crippen molar-refractivity contribution in [2.45, 2.75) is 26.4 Å². The van der Waals surface area contributed by atoms with Gasteiger partial charge in [0.05, 0.1) is 34.2 Å². The van der Waals surface area contributed by atoms with Crippen LogP contribution in [0.15, 0.2) is 54.9 Å². The third kappa shape index (κ3) is 4.38. The summed E-state index contributed by atoms with van der Waals surface area (Å²) in [6.07, 6.45) is 3.45. The van der Waals surface area contributed by atoms with E-state index in [1.165, 1.54) is 11.3 Å². The first-order valence-corrected chi connectivity index (χ1v) is 10.1. The number of nitrogens with one attached hydrogen (secondary N) is 2. The SMILES string of the molecule is Cc1cc2nc(NC(C)c3ccccn3)nc(C(=O)NCc3ccccn3)c2s1. The van der Waals surface area contributed by atoms with Gasteiger partial charge in [0.25, 0.3) is 5.91 Å². The molecule has 0 saturated carbocycles. The number of anilines is 1. The quantitative estimate of drug-likeness (QED) is 0.506. The normalized spacial score (nSPS) is 11.9. The fourth-order valence-electron chi connectivity index (χ4n) is 2.92. The molecule has 0 bridgehead atoms. The van der Waals surface area contributed by atoms with Crippen LogP contribution in [0.25, 0.3) is 10.2 Å². The number of nitrogens with zero attached hydrogens (tertiary/aromatic N) is 4. The highest BCUT2D eigenvalue weighted by atomic mass is 32.1. The van der Waals surface area contributed by atoms with Gasteiger partial charge >= 0.3 is 0 Å². The van der Waals surface area contributed by atoms with Gasteiger partial charge in [-0.05, 0) is 44.2 Å². The highest BCUT2D eigenvalue weighted by Crippen LogP contribution is 2.28. The number of hydrogen-bond donors (Lipinski definition) is 2. The second kappa shape index (κ2) is 8.32. The minimum Gasteiger partial charge on any atom is -0.346 e. The van der Waals surface area contributed by atoms with Crippen molar-refractivity contribution in [3.8, 4) is 0 Å². The lowest BCUT2D eigenvalue weighted by molar-refractivity contribution is 0.0947. The van der Waals surface area contributed by atoms with Gasteiger partial charge in [0.15, 0.2) is 5.69 Å². The summed E-state index contributed by atoms with van der Waals surface area (Å²) in [4.78, 5) is 31.7. The van der Waals surface area contributed by atoms with Crippen molar-refractivity contribution < 1.29 is 4.79 Å². The van der Waals surface area contributed by atoms with Crippen LogP contribution >= 0.6 is 11.3 Å². The number of fused-ring (bicyclic) bond motifs is 1. The van der Waals surface area contributed by atoms with Crippen molar-refractivity contribution in [1.29, 1.82) is 0 Å². The maximum atomic E-state index is 12.9. The largest absolute Gasteiger partial charge is 0.346 e. The highest BCUT2D eigenvalue weighted by Gasteiger charge is 2.18. The van der Waals surface area contributed by atoms with Gasteiger partial charge in [-0.1, -0.05) is 12.1 Å². The molecule has 2 N–H and O–H groups in total. The van der Waals surface area contributed by atoms with Crippen LogP contribution in [0.1, 0.15) is 39.7 Å². The van der Waals surface area contributed by atoms with Crippen LogP contribution in [-0.4, -0.2) is 25.8 Å². The Hall–Kier alpha value is -3.39. The Bertz CT molecular complexity index is 1130. The summed E-state index contributed by atoms with van der Waals surface area (Å²) in [5, 5.41) is 6.16. The Morgan fingerprint density at radius 1 is 1.10 bits per heavy atom. The predicted molar refractivity (Wildman–Crippen MR) is 114 cm³/mol. The molecule has 0 aliphatic rings. The molecule has 1 atom stereocenters. The molecule has 0 fully saturated rings. The summed E-state index contributed by atoms with van der Waals surface area (Å²) in [6.45, 7) is 4.31. The summed E-state index contributed by atoms with van der Waals surface area (Å²) in [6, 6.07) is 13.2. The van der Waals surface area contributed by atoms with Crippen LogP contribution < -0.4 is 10.6 Å². The van der Waals surface area contributed by atoms with E-state index in [0.717, 1.165) is 26.5 Å². The number of hydrogen-bond acceptors (Lipinski definition) is 7. The molecule has 0 aromatic carbocycles. The zero-order valence-corrected chi connectivity index (χ0v) is 16.9. The highest BCUT2D eigenvalue weighted by molar-refractivity contribution is 7.19. The topological polar surface area (TPSA) is 92.7 Å². The number of pyridine rings is 2. The molecule has 4 aromatic rings. The van der Waals surface area contributed by atoms with Crippen molar-refractivity contribution in [3.63, 3.8) is 0 Å². The molecule has 8 heteroatoms. The molecule has 0 saturated heterocycles. The van der Waals surface area contributed by atoms with Crippen LogP contribution in [0.5, 0.6) is 0 Å². The number of aryl methyl sites for hydroxylation is 1. The number of thiophene rings is 1. The third-order valence-corrected chi connectivity index (χ3v) is 5.39. The van der Waals surface area contributed by atoms with E-state index in [0.29, 0.717) is 18.2 Å². The summed E-state index contributed by atoms with van der Waals surface area (Å²) >= 11 is 1.51. The smallest absolute Gasteiger partial charge is 0.271 e. The molecule has 1 unspecified atom stereocenters. The molecule has 146 valence electrons. The maximum Gasteiger partial charge on any atom is 0.271 e. The average Bonchev–Trinajstić information content (AvgIpc) is 3.12.